The van der Waals surface area contributed by atoms with E-state index >= 15 is 0 Å². The highest BCUT2D eigenvalue weighted by Gasteiger charge is 2.44. The fourth-order valence-electron chi connectivity index (χ4n) is 2.91. The zero-order valence-corrected chi connectivity index (χ0v) is 13.7. The van der Waals surface area contributed by atoms with Crippen LogP contribution < -0.4 is 0 Å². The molecular weight excluding hydrogens is 312 g/mol. The molecule has 0 spiro atoms. The third kappa shape index (κ3) is 3.22. The number of nitrogens with zero attached hydrogens (tertiary/aromatic N) is 4. The molecule has 0 bridgehead atoms. The number of urea groups is 1. The maximum Gasteiger partial charge on any atom is 0.334 e. The van der Waals surface area contributed by atoms with Crippen LogP contribution in [0.15, 0.2) is 16.2 Å². The van der Waals surface area contributed by atoms with Gasteiger partial charge in [-0.2, -0.15) is 4.98 Å². The second-order valence-electron chi connectivity index (χ2n) is 5.95. The van der Waals surface area contributed by atoms with Crippen LogP contribution in [-0.4, -0.2) is 44.3 Å². The standard InChI is InChI=1S/C16H20N4O4/c1-2-13-17-12(18-24-13)10-20-15(22)14(21)19(16(20)23)9-8-11-6-4-3-5-7-11/h6H,2-5,7-10H2,1H3. The van der Waals surface area contributed by atoms with Gasteiger partial charge in [-0.15, -0.1) is 0 Å². The molecular formula is C16H20N4O4. The van der Waals surface area contributed by atoms with Gasteiger partial charge < -0.3 is 4.52 Å². The van der Waals surface area contributed by atoms with Gasteiger partial charge in [-0.3, -0.25) is 14.5 Å². The number of imide groups is 2. The van der Waals surface area contributed by atoms with Crippen molar-refractivity contribution in [3.05, 3.63) is 23.4 Å². The van der Waals surface area contributed by atoms with Crippen LogP contribution in [0.25, 0.3) is 0 Å². The van der Waals surface area contributed by atoms with Crippen molar-refractivity contribution in [2.75, 3.05) is 6.54 Å². The summed E-state index contributed by atoms with van der Waals surface area (Å²) in [5, 5.41) is 3.72. The molecule has 1 aromatic heterocycles. The third-order valence-electron chi connectivity index (χ3n) is 4.29. The van der Waals surface area contributed by atoms with Crippen LogP contribution in [0.3, 0.4) is 0 Å². The fourth-order valence-corrected chi connectivity index (χ4v) is 2.91. The van der Waals surface area contributed by atoms with Gasteiger partial charge in [-0.25, -0.2) is 9.69 Å². The SMILES string of the molecule is CCc1nc(CN2C(=O)C(=O)N(CCC3=CCCCC3)C2=O)no1. The molecule has 0 saturated carbocycles. The number of rotatable bonds is 6. The molecule has 2 heterocycles. The smallest absolute Gasteiger partial charge is 0.334 e. The lowest BCUT2D eigenvalue weighted by Gasteiger charge is -2.17. The number of amides is 4. The maximum absolute atomic E-state index is 12.4. The average molecular weight is 332 g/mol. The summed E-state index contributed by atoms with van der Waals surface area (Å²) in [6.07, 6.45) is 7.71. The molecule has 1 saturated heterocycles. The Bertz CT molecular complexity index is 694. The molecule has 3 rings (SSSR count). The second-order valence-corrected chi connectivity index (χ2v) is 5.95. The van der Waals surface area contributed by atoms with Gasteiger partial charge >= 0.3 is 17.8 Å². The van der Waals surface area contributed by atoms with Gasteiger partial charge in [0, 0.05) is 13.0 Å². The molecule has 1 aliphatic carbocycles. The molecule has 0 N–H and O–H groups in total. The Morgan fingerprint density at radius 3 is 2.62 bits per heavy atom. The number of allylic oxidation sites excluding steroid dienone is 1. The number of aromatic nitrogens is 2. The lowest BCUT2D eigenvalue weighted by atomic mass is 9.97. The van der Waals surface area contributed by atoms with Gasteiger partial charge in [-0.05, 0) is 32.1 Å². The summed E-state index contributed by atoms with van der Waals surface area (Å²) in [6, 6.07) is -0.607. The first-order valence-electron chi connectivity index (χ1n) is 8.27. The largest absolute Gasteiger partial charge is 0.339 e. The summed E-state index contributed by atoms with van der Waals surface area (Å²) in [6.45, 7) is 1.94. The molecule has 1 fully saturated rings. The number of hydrogen-bond donors (Lipinski definition) is 0. The Kier molecular flexibility index (Phi) is 4.73. The normalized spacial score (nSPS) is 18.5. The first-order valence-corrected chi connectivity index (χ1v) is 8.27. The second kappa shape index (κ2) is 6.94. The summed E-state index contributed by atoms with van der Waals surface area (Å²) in [5.74, 6) is -0.967. The van der Waals surface area contributed by atoms with Gasteiger partial charge in [0.1, 0.15) is 0 Å². The van der Waals surface area contributed by atoms with E-state index in [4.69, 9.17) is 4.52 Å². The number of hydrogen-bond acceptors (Lipinski definition) is 6. The average Bonchev–Trinajstić information content (AvgIpc) is 3.14. The summed E-state index contributed by atoms with van der Waals surface area (Å²) < 4.78 is 4.96. The highest BCUT2D eigenvalue weighted by molar-refractivity contribution is 6.44. The van der Waals surface area contributed by atoms with Crippen molar-refractivity contribution in [2.24, 2.45) is 0 Å². The lowest BCUT2D eigenvalue weighted by Crippen LogP contribution is -2.34. The van der Waals surface area contributed by atoms with Crippen LogP contribution >= 0.6 is 0 Å². The Labute approximate surface area is 139 Å². The Morgan fingerprint density at radius 1 is 1.17 bits per heavy atom. The molecule has 2 aliphatic rings. The number of carbonyl (C=O) groups excluding carboxylic acids is 3. The van der Waals surface area contributed by atoms with E-state index in [1.807, 2.05) is 6.92 Å². The summed E-state index contributed by atoms with van der Waals surface area (Å²) in [5.41, 5.74) is 1.25. The predicted molar refractivity (Wildman–Crippen MR) is 82.5 cm³/mol. The van der Waals surface area contributed by atoms with E-state index in [1.165, 1.54) is 12.0 Å². The van der Waals surface area contributed by atoms with E-state index in [-0.39, 0.29) is 18.9 Å². The van der Waals surface area contributed by atoms with Gasteiger partial charge in [0.05, 0.1) is 6.54 Å². The zero-order chi connectivity index (χ0) is 17.1. The molecule has 1 aliphatic heterocycles. The van der Waals surface area contributed by atoms with Gasteiger partial charge in [-0.1, -0.05) is 23.7 Å². The number of carbonyl (C=O) groups is 3. The van der Waals surface area contributed by atoms with E-state index in [9.17, 15) is 14.4 Å². The molecule has 4 amide bonds. The van der Waals surface area contributed by atoms with Crippen molar-refractivity contribution in [1.82, 2.24) is 19.9 Å². The minimum atomic E-state index is -0.833. The van der Waals surface area contributed by atoms with E-state index in [2.05, 4.69) is 16.2 Å². The third-order valence-corrected chi connectivity index (χ3v) is 4.29. The van der Waals surface area contributed by atoms with E-state index in [0.717, 1.165) is 29.1 Å². The van der Waals surface area contributed by atoms with Gasteiger partial charge in [0.2, 0.25) is 5.89 Å². The molecule has 1 aromatic rings. The van der Waals surface area contributed by atoms with Crippen molar-refractivity contribution in [1.29, 1.82) is 0 Å². The van der Waals surface area contributed by atoms with Gasteiger partial charge in [0.25, 0.3) is 0 Å². The van der Waals surface area contributed by atoms with E-state index in [0.29, 0.717) is 18.7 Å². The van der Waals surface area contributed by atoms with Crippen molar-refractivity contribution >= 4 is 17.8 Å². The van der Waals surface area contributed by atoms with Crippen LogP contribution in [0.2, 0.25) is 0 Å². The van der Waals surface area contributed by atoms with Gasteiger partial charge in [0.15, 0.2) is 5.82 Å². The van der Waals surface area contributed by atoms with Crippen LogP contribution in [0.5, 0.6) is 0 Å². The Balaban J connectivity index is 1.64. The highest BCUT2D eigenvalue weighted by Crippen LogP contribution is 2.22. The topological polar surface area (TPSA) is 96.6 Å². The molecule has 0 radical (unpaired) electrons. The van der Waals surface area contributed by atoms with Crippen molar-refractivity contribution in [3.63, 3.8) is 0 Å². The fraction of sp³-hybridized carbons (Fsp3) is 0.562. The molecule has 0 aromatic carbocycles. The maximum atomic E-state index is 12.4. The quantitative estimate of drug-likeness (QED) is 0.448. The van der Waals surface area contributed by atoms with Crippen molar-refractivity contribution in [2.45, 2.75) is 52.0 Å². The minimum Gasteiger partial charge on any atom is -0.339 e. The molecule has 8 nitrogen and oxygen atoms in total. The van der Waals surface area contributed by atoms with Crippen LogP contribution in [0, 0.1) is 0 Å². The first-order chi connectivity index (χ1) is 11.6. The monoisotopic (exact) mass is 332 g/mol. The Morgan fingerprint density at radius 2 is 1.96 bits per heavy atom. The van der Waals surface area contributed by atoms with Crippen LogP contribution in [0.4, 0.5) is 4.79 Å². The summed E-state index contributed by atoms with van der Waals surface area (Å²) >= 11 is 0. The molecule has 128 valence electrons. The minimum absolute atomic E-state index is 0.147. The summed E-state index contributed by atoms with van der Waals surface area (Å²) in [4.78, 5) is 42.5. The number of aryl methyl sites for hydroxylation is 1. The molecule has 0 unspecified atom stereocenters. The highest BCUT2D eigenvalue weighted by atomic mass is 16.5. The van der Waals surface area contributed by atoms with Crippen molar-refractivity contribution < 1.29 is 18.9 Å². The summed E-state index contributed by atoms with van der Waals surface area (Å²) in [7, 11) is 0. The van der Waals surface area contributed by atoms with E-state index < -0.39 is 17.8 Å². The molecule has 0 atom stereocenters. The molecule has 24 heavy (non-hydrogen) atoms. The van der Waals surface area contributed by atoms with Crippen molar-refractivity contribution in [3.8, 4) is 0 Å². The van der Waals surface area contributed by atoms with Crippen LogP contribution in [-0.2, 0) is 22.6 Å². The first kappa shape index (κ1) is 16.4. The molecule has 8 heteroatoms. The lowest BCUT2D eigenvalue weighted by molar-refractivity contribution is -0.143. The van der Waals surface area contributed by atoms with E-state index in [1.54, 1.807) is 0 Å². The predicted octanol–water partition coefficient (Wildman–Crippen LogP) is 1.81. The zero-order valence-electron chi connectivity index (χ0n) is 13.7. The van der Waals surface area contributed by atoms with Crippen LogP contribution in [0.1, 0.15) is 50.7 Å². The Hall–Kier alpha value is -2.51.